The Bertz CT molecular complexity index is 487. The molecule has 0 spiro atoms. The molecule has 1 N–H and O–H groups in total. The molecule has 1 aromatic rings. The van der Waals surface area contributed by atoms with Crippen molar-refractivity contribution in [2.24, 2.45) is 5.92 Å². The molecular weight excluding hydrogens is 265 g/mol. The van der Waals surface area contributed by atoms with E-state index in [9.17, 15) is 4.39 Å². The Hall–Kier alpha value is -1.13. The molecule has 116 valence electrons. The number of nitrogens with one attached hydrogen (secondary N) is 1. The van der Waals surface area contributed by atoms with Crippen LogP contribution >= 0.6 is 0 Å². The molecule has 1 unspecified atom stereocenters. The van der Waals surface area contributed by atoms with Gasteiger partial charge in [0, 0.05) is 44.0 Å². The molecular formula is C17H26FN3. The summed E-state index contributed by atoms with van der Waals surface area (Å²) >= 11 is 0. The van der Waals surface area contributed by atoms with Gasteiger partial charge in [-0.15, -0.1) is 0 Å². The molecule has 1 saturated heterocycles. The van der Waals surface area contributed by atoms with Crippen LogP contribution in [0.4, 0.5) is 10.1 Å². The van der Waals surface area contributed by atoms with Gasteiger partial charge in [-0.3, -0.25) is 0 Å². The Labute approximate surface area is 127 Å². The summed E-state index contributed by atoms with van der Waals surface area (Å²) in [5.41, 5.74) is 1.86. The topological polar surface area (TPSA) is 18.5 Å². The normalized spacial score (nSPS) is 22.7. The van der Waals surface area contributed by atoms with Gasteiger partial charge in [-0.25, -0.2) is 4.39 Å². The van der Waals surface area contributed by atoms with E-state index in [0.717, 1.165) is 24.3 Å². The molecule has 2 fully saturated rings. The van der Waals surface area contributed by atoms with Crippen molar-refractivity contribution in [3.63, 3.8) is 0 Å². The molecule has 1 saturated carbocycles. The van der Waals surface area contributed by atoms with Crippen molar-refractivity contribution in [1.82, 2.24) is 10.2 Å². The van der Waals surface area contributed by atoms with Gasteiger partial charge in [0.25, 0.3) is 0 Å². The van der Waals surface area contributed by atoms with Crippen LogP contribution in [-0.4, -0.2) is 44.7 Å². The van der Waals surface area contributed by atoms with Crippen LogP contribution in [-0.2, 0) is 6.54 Å². The Morgan fingerprint density at radius 3 is 2.81 bits per heavy atom. The zero-order valence-electron chi connectivity index (χ0n) is 13.1. The van der Waals surface area contributed by atoms with Crippen molar-refractivity contribution < 1.29 is 4.39 Å². The van der Waals surface area contributed by atoms with E-state index in [0.29, 0.717) is 18.5 Å². The number of benzene rings is 1. The van der Waals surface area contributed by atoms with E-state index in [4.69, 9.17) is 0 Å². The first kappa shape index (κ1) is 14.8. The summed E-state index contributed by atoms with van der Waals surface area (Å²) in [7, 11) is 4.26. The molecule has 2 aliphatic rings. The van der Waals surface area contributed by atoms with Crippen molar-refractivity contribution >= 4 is 5.69 Å². The molecule has 4 heteroatoms. The van der Waals surface area contributed by atoms with Crippen LogP contribution in [0.2, 0.25) is 0 Å². The number of anilines is 1. The predicted octanol–water partition coefficient (Wildman–Crippen LogP) is 2.47. The van der Waals surface area contributed by atoms with Crippen LogP contribution in [0, 0.1) is 11.7 Å². The number of likely N-dealkylation sites (tertiary alicyclic amines) is 1. The van der Waals surface area contributed by atoms with Crippen LogP contribution in [0.15, 0.2) is 18.2 Å². The minimum Gasteiger partial charge on any atom is -0.374 e. The molecule has 1 aromatic carbocycles. The summed E-state index contributed by atoms with van der Waals surface area (Å²) in [5.74, 6) is 0.601. The molecule has 0 aromatic heterocycles. The zero-order chi connectivity index (χ0) is 14.8. The Morgan fingerprint density at radius 2 is 2.14 bits per heavy atom. The highest BCUT2D eigenvalue weighted by atomic mass is 19.1. The van der Waals surface area contributed by atoms with Crippen molar-refractivity contribution in [2.75, 3.05) is 38.6 Å². The lowest BCUT2D eigenvalue weighted by atomic mass is 10.1. The van der Waals surface area contributed by atoms with E-state index in [-0.39, 0.29) is 5.82 Å². The summed E-state index contributed by atoms with van der Waals surface area (Å²) in [6, 6.07) is 6.05. The summed E-state index contributed by atoms with van der Waals surface area (Å²) in [4.78, 5) is 4.61. The summed E-state index contributed by atoms with van der Waals surface area (Å²) in [5, 5.41) is 3.43. The van der Waals surface area contributed by atoms with Gasteiger partial charge >= 0.3 is 0 Å². The summed E-state index contributed by atoms with van der Waals surface area (Å²) in [6.45, 7) is 3.97. The molecule has 3 rings (SSSR count). The largest absolute Gasteiger partial charge is 0.374 e. The van der Waals surface area contributed by atoms with Crippen molar-refractivity contribution in [2.45, 2.75) is 31.8 Å². The van der Waals surface area contributed by atoms with Crippen LogP contribution in [0.1, 0.15) is 24.8 Å². The van der Waals surface area contributed by atoms with E-state index in [1.807, 2.05) is 12.1 Å². The van der Waals surface area contributed by atoms with Gasteiger partial charge in [0.1, 0.15) is 5.82 Å². The van der Waals surface area contributed by atoms with Gasteiger partial charge in [-0.1, -0.05) is 6.07 Å². The lowest BCUT2D eigenvalue weighted by molar-refractivity contribution is 0.395. The maximum Gasteiger partial charge on any atom is 0.129 e. The SMILES string of the molecule is CN1CCC(CN(C)c2cccc(F)c2CNC2CC2)C1. The average molecular weight is 291 g/mol. The lowest BCUT2D eigenvalue weighted by Crippen LogP contribution is -2.29. The average Bonchev–Trinajstić information content (AvgIpc) is 3.19. The van der Waals surface area contributed by atoms with Gasteiger partial charge in [-0.05, 0) is 50.9 Å². The standard InChI is InChI=1S/C17H26FN3/c1-20-9-8-13(11-20)12-21(2)17-5-3-4-16(18)15(17)10-19-14-6-7-14/h3-5,13-14,19H,6-12H2,1-2H3. The minimum atomic E-state index is -0.0870. The first-order chi connectivity index (χ1) is 10.1. The summed E-state index contributed by atoms with van der Waals surface area (Å²) in [6.07, 6.45) is 3.70. The first-order valence-corrected chi connectivity index (χ1v) is 8.04. The Kier molecular flexibility index (Phi) is 4.45. The molecule has 1 atom stereocenters. The molecule has 1 aliphatic carbocycles. The van der Waals surface area contributed by atoms with Crippen LogP contribution in [0.25, 0.3) is 0 Å². The Balaban J connectivity index is 1.68. The summed E-state index contributed by atoms with van der Waals surface area (Å²) < 4.78 is 14.2. The van der Waals surface area contributed by atoms with Crippen LogP contribution in [0.5, 0.6) is 0 Å². The van der Waals surface area contributed by atoms with E-state index < -0.39 is 0 Å². The van der Waals surface area contributed by atoms with Crippen molar-refractivity contribution in [1.29, 1.82) is 0 Å². The van der Waals surface area contributed by atoms with Crippen LogP contribution in [0.3, 0.4) is 0 Å². The number of nitrogens with zero attached hydrogens (tertiary/aromatic N) is 2. The van der Waals surface area contributed by atoms with Crippen molar-refractivity contribution in [3.8, 4) is 0 Å². The molecule has 3 nitrogen and oxygen atoms in total. The smallest absolute Gasteiger partial charge is 0.129 e. The quantitative estimate of drug-likeness (QED) is 0.868. The van der Waals surface area contributed by atoms with Gasteiger partial charge in [0.05, 0.1) is 0 Å². The molecule has 0 radical (unpaired) electrons. The Morgan fingerprint density at radius 1 is 1.33 bits per heavy atom. The van der Waals surface area contributed by atoms with Gasteiger partial charge < -0.3 is 15.1 Å². The molecule has 1 aliphatic heterocycles. The van der Waals surface area contributed by atoms with E-state index in [1.165, 1.54) is 25.8 Å². The molecule has 0 amide bonds. The first-order valence-electron chi connectivity index (χ1n) is 8.04. The molecule has 21 heavy (non-hydrogen) atoms. The van der Waals surface area contributed by atoms with E-state index in [2.05, 4.69) is 29.2 Å². The second-order valence-electron chi connectivity index (χ2n) is 6.69. The minimum absolute atomic E-state index is 0.0870. The number of halogens is 1. The fraction of sp³-hybridized carbons (Fsp3) is 0.647. The zero-order valence-corrected chi connectivity index (χ0v) is 13.1. The van der Waals surface area contributed by atoms with Crippen molar-refractivity contribution in [3.05, 3.63) is 29.6 Å². The predicted molar refractivity (Wildman–Crippen MR) is 85.1 cm³/mol. The molecule has 1 heterocycles. The van der Waals surface area contributed by atoms with Gasteiger partial charge in [-0.2, -0.15) is 0 Å². The maximum atomic E-state index is 14.2. The third kappa shape index (κ3) is 3.74. The second-order valence-corrected chi connectivity index (χ2v) is 6.69. The highest BCUT2D eigenvalue weighted by Crippen LogP contribution is 2.26. The maximum absolute atomic E-state index is 14.2. The lowest BCUT2D eigenvalue weighted by Gasteiger charge is -2.26. The van der Waals surface area contributed by atoms with Gasteiger partial charge in [0.2, 0.25) is 0 Å². The van der Waals surface area contributed by atoms with E-state index in [1.54, 1.807) is 6.07 Å². The number of hydrogen-bond donors (Lipinski definition) is 1. The highest BCUT2D eigenvalue weighted by Gasteiger charge is 2.24. The number of rotatable bonds is 6. The van der Waals surface area contributed by atoms with Gasteiger partial charge in [0.15, 0.2) is 0 Å². The highest BCUT2D eigenvalue weighted by molar-refractivity contribution is 5.53. The van der Waals surface area contributed by atoms with E-state index >= 15 is 0 Å². The second kappa shape index (κ2) is 6.32. The fourth-order valence-corrected chi connectivity index (χ4v) is 3.27. The van der Waals surface area contributed by atoms with Crippen LogP contribution < -0.4 is 10.2 Å². The molecule has 0 bridgehead atoms. The third-order valence-electron chi connectivity index (χ3n) is 4.67. The third-order valence-corrected chi connectivity index (χ3v) is 4.67. The monoisotopic (exact) mass is 291 g/mol. The number of hydrogen-bond acceptors (Lipinski definition) is 3. The fourth-order valence-electron chi connectivity index (χ4n) is 3.27.